The Morgan fingerprint density at radius 1 is 1.07 bits per heavy atom. The predicted molar refractivity (Wildman–Crippen MR) is 123 cm³/mol. The molecule has 0 radical (unpaired) electrons. The minimum atomic E-state index is -0.501. The zero-order valence-corrected chi connectivity index (χ0v) is 19.7. The van der Waals surface area contributed by atoms with Crippen LogP contribution in [0.1, 0.15) is 65.4 Å². The van der Waals surface area contributed by atoms with Crippen molar-refractivity contribution in [1.29, 1.82) is 0 Å². The number of amides is 1. The number of benzene rings is 1. The Labute approximate surface area is 183 Å². The number of carbonyl (C=O) groups is 1. The molecule has 1 aliphatic heterocycles. The summed E-state index contributed by atoms with van der Waals surface area (Å²) in [5.41, 5.74) is 1.49. The predicted octanol–water partition coefficient (Wildman–Crippen LogP) is 3.82. The Hall–Kier alpha value is -1.59. The van der Waals surface area contributed by atoms with Gasteiger partial charge >= 0.3 is 0 Å². The van der Waals surface area contributed by atoms with Crippen molar-refractivity contribution in [3.05, 3.63) is 29.8 Å². The molecule has 3 rings (SSSR count). The maximum Gasteiger partial charge on any atom is 0.260 e. The summed E-state index contributed by atoms with van der Waals surface area (Å²) in [4.78, 5) is 17.9. The first-order valence-electron chi connectivity index (χ1n) is 11.7. The third kappa shape index (κ3) is 5.76. The zero-order valence-electron chi connectivity index (χ0n) is 19.7. The Balaban J connectivity index is 1.57. The van der Waals surface area contributed by atoms with E-state index in [1.165, 1.54) is 37.7 Å². The fraction of sp³-hybridized carbons (Fsp3) is 0.720. The highest BCUT2D eigenvalue weighted by Gasteiger charge is 2.39. The molecule has 1 heterocycles. The number of hydrogen-bond acceptors (Lipinski definition) is 4. The molecule has 1 unspecified atom stereocenters. The first-order valence-corrected chi connectivity index (χ1v) is 11.7. The van der Waals surface area contributed by atoms with Gasteiger partial charge in [0.05, 0.1) is 0 Å². The van der Waals surface area contributed by atoms with Crippen LogP contribution in [0.5, 0.6) is 5.75 Å². The van der Waals surface area contributed by atoms with Gasteiger partial charge in [0.1, 0.15) is 5.75 Å². The molecule has 30 heavy (non-hydrogen) atoms. The van der Waals surface area contributed by atoms with Gasteiger partial charge in [0, 0.05) is 38.3 Å². The fourth-order valence-corrected chi connectivity index (χ4v) is 4.78. The minimum Gasteiger partial charge on any atom is -0.481 e. The number of nitrogens with zero attached hydrogens (tertiary/aromatic N) is 2. The van der Waals surface area contributed by atoms with Gasteiger partial charge in [-0.2, -0.15) is 0 Å². The second kappa shape index (κ2) is 9.69. The first kappa shape index (κ1) is 23.1. The van der Waals surface area contributed by atoms with Gasteiger partial charge < -0.3 is 15.0 Å². The molecular weight excluding hydrogens is 374 g/mol. The Kier molecular flexibility index (Phi) is 7.46. The van der Waals surface area contributed by atoms with Crippen molar-refractivity contribution in [2.75, 3.05) is 39.8 Å². The van der Waals surface area contributed by atoms with Crippen LogP contribution in [0, 0.1) is 0 Å². The van der Waals surface area contributed by atoms with Crippen LogP contribution in [0.4, 0.5) is 0 Å². The third-order valence-electron chi connectivity index (χ3n) is 6.95. The molecule has 5 nitrogen and oxygen atoms in total. The molecule has 2 fully saturated rings. The van der Waals surface area contributed by atoms with Gasteiger partial charge in [0.15, 0.2) is 6.10 Å². The lowest BCUT2D eigenvalue weighted by molar-refractivity contribution is -0.128. The number of ether oxygens (including phenoxy) is 1. The van der Waals surface area contributed by atoms with Crippen LogP contribution < -0.4 is 10.1 Å². The van der Waals surface area contributed by atoms with E-state index in [1.807, 2.05) is 19.1 Å². The van der Waals surface area contributed by atoms with E-state index < -0.39 is 6.10 Å². The highest BCUT2D eigenvalue weighted by atomic mass is 16.5. The largest absolute Gasteiger partial charge is 0.481 e. The standard InChI is InChI=1S/C25H41N3O2/c1-20(30-22-11-9-21(10-12-22)24(2,3)4)23(29)26-19-25(13-7-6-8-14-25)28-17-15-27(5)16-18-28/h9-12,20H,6-8,13-19H2,1-5H3,(H,26,29). The van der Waals surface area contributed by atoms with Gasteiger partial charge in [0.2, 0.25) is 0 Å². The number of nitrogens with one attached hydrogen (secondary N) is 1. The molecule has 0 bridgehead atoms. The molecule has 2 aliphatic rings. The normalized spacial score (nSPS) is 21.8. The van der Waals surface area contributed by atoms with Crippen LogP contribution in [0.2, 0.25) is 0 Å². The Bertz CT molecular complexity index is 681. The van der Waals surface area contributed by atoms with E-state index in [9.17, 15) is 4.79 Å². The number of likely N-dealkylation sites (N-methyl/N-ethyl adjacent to an activating group) is 1. The van der Waals surface area contributed by atoms with E-state index in [1.54, 1.807) is 0 Å². The summed E-state index contributed by atoms with van der Waals surface area (Å²) in [6.07, 6.45) is 5.69. The molecule has 1 aliphatic carbocycles. The monoisotopic (exact) mass is 415 g/mol. The van der Waals surface area contributed by atoms with Crippen LogP contribution in [0.15, 0.2) is 24.3 Å². The van der Waals surface area contributed by atoms with Crippen molar-refractivity contribution in [3.63, 3.8) is 0 Å². The molecule has 1 N–H and O–H groups in total. The maximum atomic E-state index is 12.8. The van der Waals surface area contributed by atoms with Gasteiger partial charge in [-0.3, -0.25) is 9.69 Å². The molecule has 1 saturated heterocycles. The first-order chi connectivity index (χ1) is 14.2. The third-order valence-corrected chi connectivity index (χ3v) is 6.95. The Morgan fingerprint density at radius 3 is 2.23 bits per heavy atom. The van der Waals surface area contributed by atoms with Crippen LogP contribution in [-0.2, 0) is 10.2 Å². The van der Waals surface area contributed by atoms with E-state index in [0.717, 1.165) is 38.5 Å². The molecule has 1 amide bonds. The summed E-state index contributed by atoms with van der Waals surface area (Å²) in [5.74, 6) is 0.728. The van der Waals surface area contributed by atoms with Crippen LogP contribution in [-0.4, -0.2) is 67.1 Å². The smallest absolute Gasteiger partial charge is 0.260 e. The Morgan fingerprint density at radius 2 is 1.67 bits per heavy atom. The highest BCUT2D eigenvalue weighted by Crippen LogP contribution is 2.34. The molecule has 1 saturated carbocycles. The summed E-state index contributed by atoms with van der Waals surface area (Å²) in [6.45, 7) is 13.6. The lowest BCUT2D eigenvalue weighted by atomic mass is 9.79. The molecule has 0 spiro atoms. The van der Waals surface area contributed by atoms with Crippen molar-refractivity contribution in [3.8, 4) is 5.75 Å². The molecular formula is C25H41N3O2. The molecule has 168 valence electrons. The van der Waals surface area contributed by atoms with Crippen LogP contribution in [0.3, 0.4) is 0 Å². The van der Waals surface area contributed by atoms with Gasteiger partial charge in [-0.25, -0.2) is 0 Å². The van der Waals surface area contributed by atoms with Crippen LogP contribution >= 0.6 is 0 Å². The second-order valence-electron chi connectivity index (χ2n) is 10.3. The van der Waals surface area contributed by atoms with E-state index in [4.69, 9.17) is 4.74 Å². The maximum absolute atomic E-state index is 12.8. The van der Waals surface area contributed by atoms with Gasteiger partial charge in [-0.05, 0) is 49.9 Å². The van der Waals surface area contributed by atoms with E-state index in [0.29, 0.717) is 0 Å². The molecule has 1 aromatic carbocycles. The summed E-state index contributed by atoms with van der Waals surface area (Å²) >= 11 is 0. The van der Waals surface area contributed by atoms with Gasteiger partial charge in [-0.1, -0.05) is 52.2 Å². The molecule has 1 aromatic rings. The molecule has 1 atom stereocenters. The number of rotatable bonds is 6. The minimum absolute atomic E-state index is 0.0195. The average molecular weight is 416 g/mol. The van der Waals surface area contributed by atoms with E-state index in [-0.39, 0.29) is 16.9 Å². The van der Waals surface area contributed by atoms with Crippen molar-refractivity contribution in [1.82, 2.24) is 15.1 Å². The highest BCUT2D eigenvalue weighted by molar-refractivity contribution is 5.80. The van der Waals surface area contributed by atoms with Crippen molar-refractivity contribution in [2.45, 2.75) is 76.9 Å². The summed E-state index contributed by atoms with van der Waals surface area (Å²) < 4.78 is 5.94. The van der Waals surface area contributed by atoms with E-state index >= 15 is 0 Å². The number of hydrogen-bond donors (Lipinski definition) is 1. The van der Waals surface area contributed by atoms with Gasteiger partial charge in [0.25, 0.3) is 5.91 Å². The SMILES string of the molecule is CC(Oc1ccc(C(C)(C)C)cc1)C(=O)NCC1(N2CCN(C)CC2)CCCCC1. The zero-order chi connectivity index (χ0) is 21.8. The topological polar surface area (TPSA) is 44.8 Å². The molecule has 0 aromatic heterocycles. The summed E-state index contributed by atoms with van der Waals surface area (Å²) in [6, 6.07) is 8.11. The quantitative estimate of drug-likeness (QED) is 0.767. The summed E-state index contributed by atoms with van der Waals surface area (Å²) in [5, 5.41) is 3.24. The lowest BCUT2D eigenvalue weighted by Gasteiger charge is -2.49. The van der Waals surface area contributed by atoms with Crippen LogP contribution in [0.25, 0.3) is 0 Å². The number of piperazine rings is 1. The van der Waals surface area contributed by atoms with Crippen molar-refractivity contribution in [2.24, 2.45) is 0 Å². The van der Waals surface area contributed by atoms with E-state index in [2.05, 4.69) is 55.1 Å². The summed E-state index contributed by atoms with van der Waals surface area (Å²) in [7, 11) is 2.19. The lowest BCUT2D eigenvalue weighted by Crippen LogP contribution is -2.62. The average Bonchev–Trinajstić information content (AvgIpc) is 2.73. The van der Waals surface area contributed by atoms with Crippen molar-refractivity contribution < 1.29 is 9.53 Å². The second-order valence-corrected chi connectivity index (χ2v) is 10.3. The fourth-order valence-electron chi connectivity index (χ4n) is 4.78. The van der Waals surface area contributed by atoms with Crippen molar-refractivity contribution >= 4 is 5.91 Å². The molecule has 5 heteroatoms. The number of carbonyl (C=O) groups excluding carboxylic acids is 1. The van der Waals surface area contributed by atoms with Gasteiger partial charge in [-0.15, -0.1) is 0 Å².